The van der Waals surface area contributed by atoms with Crippen molar-refractivity contribution in [2.24, 2.45) is 10.8 Å². The molecule has 0 amide bonds. The van der Waals surface area contributed by atoms with Gasteiger partial charge < -0.3 is 14.4 Å². The number of methoxy groups -OCH3 is 1. The number of rotatable bonds is 7. The second-order valence-electron chi connectivity index (χ2n) is 12.6. The number of hydrogen-bond acceptors (Lipinski definition) is 5. The van der Waals surface area contributed by atoms with Crippen LogP contribution in [0.3, 0.4) is 0 Å². The number of Topliss-reactive ketones (excluding diaryl/α,β-unsaturated/α-hetero) is 2. The third-order valence-electron chi connectivity index (χ3n) is 8.11. The van der Waals surface area contributed by atoms with Crippen molar-refractivity contribution in [3.63, 3.8) is 0 Å². The van der Waals surface area contributed by atoms with Crippen LogP contribution in [0.5, 0.6) is 5.75 Å². The topological polar surface area (TPSA) is 55.8 Å². The summed E-state index contributed by atoms with van der Waals surface area (Å²) in [4.78, 5) is 30.2. The van der Waals surface area contributed by atoms with Crippen molar-refractivity contribution >= 4 is 23.2 Å². The molecule has 0 bridgehead atoms. The molecule has 39 heavy (non-hydrogen) atoms. The molecule has 0 N–H and O–H groups in total. The van der Waals surface area contributed by atoms with Crippen molar-refractivity contribution in [3.8, 4) is 5.75 Å². The largest absolute Gasteiger partial charge is 0.489 e. The van der Waals surface area contributed by atoms with Crippen LogP contribution >= 0.6 is 11.6 Å². The van der Waals surface area contributed by atoms with Gasteiger partial charge in [0.15, 0.2) is 11.6 Å². The fourth-order valence-electron chi connectivity index (χ4n) is 6.43. The Morgan fingerprint density at radius 3 is 2.00 bits per heavy atom. The van der Waals surface area contributed by atoms with Gasteiger partial charge in [0.25, 0.3) is 0 Å². The molecular formula is C33H38ClNO4. The molecule has 0 fully saturated rings. The van der Waals surface area contributed by atoms with E-state index in [2.05, 4.69) is 32.6 Å². The summed E-state index contributed by atoms with van der Waals surface area (Å²) >= 11 is 6.41. The minimum atomic E-state index is -0.455. The summed E-state index contributed by atoms with van der Waals surface area (Å²) in [5.41, 5.74) is 4.95. The second-order valence-corrected chi connectivity index (χ2v) is 13.0. The average Bonchev–Trinajstić information content (AvgIpc) is 2.85. The van der Waals surface area contributed by atoms with E-state index < -0.39 is 5.92 Å². The van der Waals surface area contributed by atoms with Crippen LogP contribution in [0.4, 0.5) is 0 Å². The standard InChI is InChI=1S/C33H38ClNO4/c1-32(2)16-24-30(26(36)18-32)29(31-25(35(24)14-15-38-5)17-33(3,4)19-27(31)37)22-11-7-9-13-28(22)39-20-21-10-6-8-12-23(21)34/h6-13,29H,14-20H2,1-5H3. The molecule has 3 aliphatic rings. The highest BCUT2D eigenvalue weighted by Gasteiger charge is 2.49. The Labute approximate surface area is 236 Å². The maximum Gasteiger partial charge on any atom is 0.162 e. The molecule has 6 heteroatoms. The summed E-state index contributed by atoms with van der Waals surface area (Å²) in [7, 11) is 1.69. The quantitative estimate of drug-likeness (QED) is 0.365. The number of hydrogen-bond donors (Lipinski definition) is 0. The lowest BCUT2D eigenvalue weighted by molar-refractivity contribution is -0.119. The molecule has 2 aromatic carbocycles. The monoisotopic (exact) mass is 547 g/mol. The smallest absolute Gasteiger partial charge is 0.162 e. The lowest BCUT2D eigenvalue weighted by Gasteiger charge is -2.49. The van der Waals surface area contributed by atoms with E-state index in [0.29, 0.717) is 43.4 Å². The van der Waals surface area contributed by atoms with Gasteiger partial charge in [0.05, 0.1) is 6.61 Å². The maximum atomic E-state index is 14.0. The predicted molar refractivity (Wildman–Crippen MR) is 154 cm³/mol. The molecule has 1 heterocycles. The van der Waals surface area contributed by atoms with Crippen molar-refractivity contribution in [2.45, 2.75) is 65.9 Å². The number of ketones is 2. The first-order valence-corrected chi connectivity index (χ1v) is 14.1. The maximum absolute atomic E-state index is 14.0. The number of allylic oxidation sites excluding steroid dienone is 4. The fraction of sp³-hybridized carbons (Fsp3) is 0.455. The molecule has 0 aromatic heterocycles. The second kappa shape index (κ2) is 10.6. The number of para-hydroxylation sites is 1. The van der Waals surface area contributed by atoms with Crippen LogP contribution in [-0.2, 0) is 20.9 Å². The molecule has 0 spiro atoms. The predicted octanol–water partition coefficient (Wildman–Crippen LogP) is 7.25. The van der Waals surface area contributed by atoms with Crippen molar-refractivity contribution < 1.29 is 19.1 Å². The minimum absolute atomic E-state index is 0.110. The summed E-state index contributed by atoms with van der Waals surface area (Å²) < 4.78 is 11.9. The van der Waals surface area contributed by atoms with E-state index >= 15 is 0 Å². The summed E-state index contributed by atoms with van der Waals surface area (Å²) in [6, 6.07) is 15.5. The van der Waals surface area contributed by atoms with E-state index in [1.807, 2.05) is 48.5 Å². The summed E-state index contributed by atoms with van der Waals surface area (Å²) in [5, 5.41) is 0.644. The molecule has 0 radical (unpaired) electrons. The van der Waals surface area contributed by atoms with Crippen molar-refractivity contribution in [2.75, 3.05) is 20.3 Å². The number of carbonyl (C=O) groups is 2. The third kappa shape index (κ3) is 5.44. The van der Waals surface area contributed by atoms with Crippen LogP contribution in [0, 0.1) is 10.8 Å². The fourth-order valence-corrected chi connectivity index (χ4v) is 6.62. The highest BCUT2D eigenvalue weighted by Crippen LogP contribution is 2.55. The van der Waals surface area contributed by atoms with Crippen molar-refractivity contribution in [3.05, 3.63) is 87.2 Å². The zero-order chi connectivity index (χ0) is 27.9. The molecular weight excluding hydrogens is 510 g/mol. The number of nitrogens with zero attached hydrogens (tertiary/aromatic N) is 1. The van der Waals surface area contributed by atoms with Gasteiger partial charge in [-0.3, -0.25) is 9.59 Å². The first-order chi connectivity index (χ1) is 18.5. The summed E-state index contributed by atoms with van der Waals surface area (Å²) in [5.74, 6) is 0.433. The Morgan fingerprint density at radius 2 is 1.41 bits per heavy atom. The van der Waals surface area contributed by atoms with E-state index in [0.717, 1.165) is 46.5 Å². The van der Waals surface area contributed by atoms with Crippen LogP contribution < -0.4 is 4.74 Å². The highest BCUT2D eigenvalue weighted by atomic mass is 35.5. The Hall–Kier alpha value is -2.89. The van der Waals surface area contributed by atoms with E-state index in [-0.39, 0.29) is 22.4 Å². The van der Waals surface area contributed by atoms with Crippen LogP contribution in [-0.4, -0.2) is 36.7 Å². The van der Waals surface area contributed by atoms with Gasteiger partial charge in [0, 0.05) is 71.1 Å². The van der Waals surface area contributed by atoms with Crippen molar-refractivity contribution in [1.29, 1.82) is 0 Å². The molecule has 5 rings (SSSR count). The first-order valence-electron chi connectivity index (χ1n) is 13.8. The molecule has 2 aromatic rings. The molecule has 0 saturated carbocycles. The first kappa shape index (κ1) is 27.7. The summed E-state index contributed by atoms with van der Waals surface area (Å²) in [6.07, 6.45) is 2.43. The van der Waals surface area contributed by atoms with Gasteiger partial charge in [-0.25, -0.2) is 0 Å². The van der Waals surface area contributed by atoms with Crippen LogP contribution in [0.25, 0.3) is 0 Å². The Balaban J connectivity index is 1.68. The Kier molecular flexibility index (Phi) is 7.51. The van der Waals surface area contributed by atoms with Gasteiger partial charge in [-0.15, -0.1) is 0 Å². The number of benzene rings is 2. The lowest BCUT2D eigenvalue weighted by Crippen LogP contribution is -2.45. The molecule has 1 aliphatic heterocycles. The minimum Gasteiger partial charge on any atom is -0.489 e. The van der Waals surface area contributed by atoms with Gasteiger partial charge in [-0.1, -0.05) is 75.7 Å². The molecule has 2 aliphatic carbocycles. The highest BCUT2D eigenvalue weighted by molar-refractivity contribution is 6.31. The van der Waals surface area contributed by atoms with Gasteiger partial charge in [-0.2, -0.15) is 0 Å². The number of halogens is 1. The third-order valence-corrected chi connectivity index (χ3v) is 8.48. The van der Waals surface area contributed by atoms with Gasteiger partial charge in [-0.05, 0) is 35.8 Å². The van der Waals surface area contributed by atoms with Gasteiger partial charge in [0.1, 0.15) is 12.4 Å². The van der Waals surface area contributed by atoms with E-state index in [1.54, 1.807) is 7.11 Å². The molecule has 5 nitrogen and oxygen atoms in total. The van der Waals surface area contributed by atoms with E-state index in [1.165, 1.54) is 0 Å². The molecule has 206 valence electrons. The lowest BCUT2D eigenvalue weighted by atomic mass is 9.63. The zero-order valence-corrected chi connectivity index (χ0v) is 24.4. The number of ether oxygens (including phenoxy) is 2. The normalized spacial score (nSPS) is 20.7. The average molecular weight is 548 g/mol. The van der Waals surface area contributed by atoms with E-state index in [4.69, 9.17) is 21.1 Å². The SMILES string of the molecule is COCCN1C2=C(C(=O)CC(C)(C)C2)C(c2ccccc2OCc2ccccc2Cl)C2=C1CC(C)(C)CC2=O. The van der Waals surface area contributed by atoms with Crippen LogP contribution in [0.1, 0.15) is 70.4 Å². The molecule has 0 atom stereocenters. The Bertz CT molecular complexity index is 1320. The van der Waals surface area contributed by atoms with E-state index in [9.17, 15) is 9.59 Å². The number of carbonyl (C=O) groups excluding carboxylic acids is 2. The van der Waals surface area contributed by atoms with Crippen LogP contribution in [0.15, 0.2) is 71.1 Å². The summed E-state index contributed by atoms with van der Waals surface area (Å²) in [6.45, 7) is 10.0. The van der Waals surface area contributed by atoms with Gasteiger partial charge in [0.2, 0.25) is 0 Å². The zero-order valence-electron chi connectivity index (χ0n) is 23.6. The van der Waals surface area contributed by atoms with Crippen LogP contribution in [0.2, 0.25) is 5.02 Å². The molecule has 0 unspecified atom stereocenters. The Morgan fingerprint density at radius 1 is 0.846 bits per heavy atom. The van der Waals surface area contributed by atoms with Gasteiger partial charge >= 0.3 is 0 Å². The molecule has 0 saturated heterocycles. The van der Waals surface area contributed by atoms with Crippen molar-refractivity contribution in [1.82, 2.24) is 4.90 Å².